The van der Waals surface area contributed by atoms with Crippen LogP contribution in [0.3, 0.4) is 0 Å². The van der Waals surface area contributed by atoms with E-state index >= 15 is 0 Å². The van der Waals surface area contributed by atoms with Gasteiger partial charge in [0.25, 0.3) is 0 Å². The second kappa shape index (κ2) is 10.5. The Morgan fingerprint density at radius 3 is 2.29 bits per heavy atom. The van der Waals surface area contributed by atoms with Crippen LogP contribution >= 0.6 is 27.7 Å². The zero-order valence-electron chi connectivity index (χ0n) is 17.2. The van der Waals surface area contributed by atoms with E-state index in [2.05, 4.69) is 21.2 Å². The fourth-order valence-corrected chi connectivity index (χ4v) is 5.18. The highest BCUT2D eigenvalue weighted by atomic mass is 79.9. The number of para-hydroxylation sites is 1. The lowest BCUT2D eigenvalue weighted by molar-refractivity contribution is -0.116. The fourth-order valence-electron chi connectivity index (χ4n) is 2.98. The molecule has 0 fully saturated rings. The SMILES string of the molecule is CSc1ccccc1NC(=O)CN(Cc1ccc(C)cc1)S(=O)(=O)c1ccc(Br)cc1. The average molecular weight is 519 g/mol. The summed E-state index contributed by atoms with van der Waals surface area (Å²) in [5.74, 6) is -0.394. The van der Waals surface area contributed by atoms with Gasteiger partial charge in [-0.3, -0.25) is 4.79 Å². The lowest BCUT2D eigenvalue weighted by Crippen LogP contribution is -2.37. The Balaban J connectivity index is 1.88. The average Bonchev–Trinajstić information content (AvgIpc) is 2.75. The number of sulfonamides is 1. The maximum Gasteiger partial charge on any atom is 0.243 e. The molecule has 0 unspecified atom stereocenters. The summed E-state index contributed by atoms with van der Waals surface area (Å²) in [5, 5.41) is 2.85. The summed E-state index contributed by atoms with van der Waals surface area (Å²) in [6.07, 6.45) is 1.92. The lowest BCUT2D eigenvalue weighted by atomic mass is 10.1. The van der Waals surface area contributed by atoms with Crippen molar-refractivity contribution < 1.29 is 13.2 Å². The first-order valence-electron chi connectivity index (χ1n) is 9.54. The Labute approximate surface area is 196 Å². The van der Waals surface area contributed by atoms with E-state index in [1.165, 1.54) is 28.2 Å². The van der Waals surface area contributed by atoms with Gasteiger partial charge in [-0.05, 0) is 55.1 Å². The highest BCUT2D eigenvalue weighted by Gasteiger charge is 2.27. The van der Waals surface area contributed by atoms with E-state index in [0.717, 1.165) is 20.5 Å². The van der Waals surface area contributed by atoms with Crippen LogP contribution in [0.15, 0.2) is 87.1 Å². The van der Waals surface area contributed by atoms with Crippen molar-refractivity contribution in [2.24, 2.45) is 0 Å². The van der Waals surface area contributed by atoms with Gasteiger partial charge in [0.05, 0.1) is 17.1 Å². The van der Waals surface area contributed by atoms with Crippen LogP contribution in [-0.2, 0) is 21.4 Å². The highest BCUT2D eigenvalue weighted by Crippen LogP contribution is 2.25. The van der Waals surface area contributed by atoms with Crippen LogP contribution in [0.4, 0.5) is 5.69 Å². The molecular weight excluding hydrogens is 496 g/mol. The Bertz CT molecular complexity index is 1150. The van der Waals surface area contributed by atoms with Crippen LogP contribution in [0, 0.1) is 6.92 Å². The molecule has 0 aliphatic rings. The topological polar surface area (TPSA) is 66.5 Å². The molecule has 31 heavy (non-hydrogen) atoms. The molecule has 0 saturated carbocycles. The summed E-state index contributed by atoms with van der Waals surface area (Å²) < 4.78 is 28.7. The molecule has 3 rings (SSSR count). The van der Waals surface area contributed by atoms with Crippen LogP contribution in [0.1, 0.15) is 11.1 Å². The Kier molecular flexibility index (Phi) is 7.94. The number of thioether (sulfide) groups is 1. The summed E-state index contributed by atoms with van der Waals surface area (Å²) in [6, 6.07) is 21.4. The smallest absolute Gasteiger partial charge is 0.243 e. The zero-order valence-corrected chi connectivity index (χ0v) is 20.4. The molecule has 0 aliphatic carbocycles. The first-order valence-corrected chi connectivity index (χ1v) is 13.0. The van der Waals surface area contributed by atoms with Crippen LogP contribution in [0.2, 0.25) is 0 Å². The second-order valence-corrected chi connectivity index (χ2v) is 10.7. The van der Waals surface area contributed by atoms with E-state index in [1.807, 2.05) is 55.6 Å². The van der Waals surface area contributed by atoms with Crippen molar-refractivity contribution in [3.63, 3.8) is 0 Å². The highest BCUT2D eigenvalue weighted by molar-refractivity contribution is 9.10. The standard InChI is InChI=1S/C23H23BrN2O3S2/c1-17-7-9-18(10-8-17)15-26(31(28,29)20-13-11-19(24)12-14-20)16-23(27)25-21-5-3-4-6-22(21)30-2/h3-14H,15-16H2,1-2H3,(H,25,27). The maximum absolute atomic E-state index is 13.4. The summed E-state index contributed by atoms with van der Waals surface area (Å²) in [4.78, 5) is 13.9. The Morgan fingerprint density at radius 1 is 1.00 bits per heavy atom. The molecule has 0 atom stereocenters. The quantitative estimate of drug-likeness (QED) is 0.410. The van der Waals surface area contributed by atoms with Crippen molar-refractivity contribution in [2.45, 2.75) is 23.3 Å². The van der Waals surface area contributed by atoms with Crippen molar-refractivity contribution in [3.05, 3.63) is 88.4 Å². The van der Waals surface area contributed by atoms with E-state index in [-0.39, 0.29) is 18.0 Å². The third kappa shape index (κ3) is 6.20. The third-order valence-corrected chi connectivity index (χ3v) is 7.76. The van der Waals surface area contributed by atoms with E-state index < -0.39 is 15.9 Å². The number of rotatable bonds is 8. The third-order valence-electron chi connectivity index (χ3n) is 4.63. The number of carbonyl (C=O) groups is 1. The van der Waals surface area contributed by atoms with Crippen LogP contribution in [0.5, 0.6) is 0 Å². The molecule has 3 aromatic rings. The number of nitrogens with zero attached hydrogens (tertiary/aromatic N) is 1. The number of anilines is 1. The number of amides is 1. The molecule has 0 spiro atoms. The number of hydrogen-bond acceptors (Lipinski definition) is 4. The molecule has 0 saturated heterocycles. The summed E-state index contributed by atoms with van der Waals surface area (Å²) in [6.45, 7) is 1.77. The van der Waals surface area contributed by atoms with Gasteiger partial charge in [-0.1, -0.05) is 57.9 Å². The van der Waals surface area contributed by atoms with Gasteiger partial charge in [0.15, 0.2) is 0 Å². The molecule has 8 heteroatoms. The summed E-state index contributed by atoms with van der Waals surface area (Å²) in [5.41, 5.74) is 2.55. The first kappa shape index (κ1) is 23.5. The molecule has 1 N–H and O–H groups in total. The molecule has 0 radical (unpaired) electrons. The van der Waals surface area contributed by atoms with Crippen LogP contribution in [-0.4, -0.2) is 31.4 Å². The van der Waals surface area contributed by atoms with Gasteiger partial charge in [-0.2, -0.15) is 4.31 Å². The van der Waals surface area contributed by atoms with Gasteiger partial charge in [0.1, 0.15) is 0 Å². The van der Waals surface area contributed by atoms with Gasteiger partial charge in [-0.25, -0.2) is 8.42 Å². The largest absolute Gasteiger partial charge is 0.324 e. The summed E-state index contributed by atoms with van der Waals surface area (Å²) in [7, 11) is -3.88. The molecule has 0 heterocycles. The van der Waals surface area contributed by atoms with Gasteiger partial charge in [-0.15, -0.1) is 11.8 Å². The van der Waals surface area contributed by atoms with Gasteiger partial charge in [0.2, 0.25) is 15.9 Å². The van der Waals surface area contributed by atoms with Crippen molar-refractivity contribution in [2.75, 3.05) is 18.1 Å². The van der Waals surface area contributed by atoms with Crippen LogP contribution in [0.25, 0.3) is 0 Å². The lowest BCUT2D eigenvalue weighted by Gasteiger charge is -2.22. The first-order chi connectivity index (χ1) is 14.8. The van der Waals surface area contributed by atoms with E-state index in [4.69, 9.17) is 0 Å². The fraction of sp³-hybridized carbons (Fsp3) is 0.174. The zero-order chi connectivity index (χ0) is 22.4. The molecule has 3 aromatic carbocycles. The minimum atomic E-state index is -3.88. The maximum atomic E-state index is 13.4. The molecule has 0 aromatic heterocycles. The van der Waals surface area contributed by atoms with Crippen molar-refractivity contribution in [1.29, 1.82) is 0 Å². The van der Waals surface area contributed by atoms with E-state index in [1.54, 1.807) is 18.2 Å². The van der Waals surface area contributed by atoms with Gasteiger partial charge in [0, 0.05) is 15.9 Å². The normalized spacial score (nSPS) is 11.5. The van der Waals surface area contributed by atoms with Crippen LogP contribution < -0.4 is 5.32 Å². The number of benzene rings is 3. The second-order valence-electron chi connectivity index (χ2n) is 6.96. The molecule has 162 valence electrons. The number of halogens is 1. The molecule has 0 aliphatic heterocycles. The molecular formula is C23H23BrN2O3S2. The van der Waals surface area contributed by atoms with Crippen molar-refractivity contribution >= 4 is 49.3 Å². The minimum Gasteiger partial charge on any atom is -0.324 e. The van der Waals surface area contributed by atoms with Crippen molar-refractivity contribution in [3.8, 4) is 0 Å². The minimum absolute atomic E-state index is 0.0935. The van der Waals surface area contributed by atoms with E-state index in [9.17, 15) is 13.2 Å². The Morgan fingerprint density at radius 2 is 1.65 bits per heavy atom. The molecule has 0 bridgehead atoms. The molecule has 1 amide bonds. The van der Waals surface area contributed by atoms with Gasteiger partial charge < -0.3 is 5.32 Å². The van der Waals surface area contributed by atoms with E-state index in [0.29, 0.717) is 5.69 Å². The number of nitrogens with one attached hydrogen (secondary N) is 1. The number of aryl methyl sites for hydroxylation is 1. The van der Waals surface area contributed by atoms with Gasteiger partial charge >= 0.3 is 0 Å². The number of hydrogen-bond donors (Lipinski definition) is 1. The molecule has 5 nitrogen and oxygen atoms in total. The van der Waals surface area contributed by atoms with Crippen molar-refractivity contribution in [1.82, 2.24) is 4.31 Å². The summed E-state index contributed by atoms with van der Waals surface area (Å²) >= 11 is 4.84. The predicted molar refractivity (Wildman–Crippen MR) is 130 cm³/mol. The monoisotopic (exact) mass is 518 g/mol. The predicted octanol–water partition coefficient (Wildman–Crippen LogP) is 5.31. The Hall–Kier alpha value is -2.13. The number of carbonyl (C=O) groups excluding carboxylic acids is 1.